The molecule has 106 valence electrons. The Bertz CT molecular complexity index is 571. The first-order valence-electron chi connectivity index (χ1n) is 5.48. The maximum atomic E-state index is 13.1. The number of esters is 1. The molecule has 0 bridgehead atoms. The van der Waals surface area contributed by atoms with Crippen molar-refractivity contribution in [3.63, 3.8) is 0 Å². The average Bonchev–Trinajstić information content (AvgIpc) is 2.33. The third-order valence-electron chi connectivity index (χ3n) is 2.66. The summed E-state index contributed by atoms with van der Waals surface area (Å²) in [6, 6.07) is 3.52. The third-order valence-corrected chi connectivity index (χ3v) is 5.13. The predicted octanol–water partition coefficient (Wildman–Crippen LogP) is 2.35. The minimum Gasteiger partial charge on any atom is -0.469 e. The summed E-state index contributed by atoms with van der Waals surface area (Å²) >= 11 is 5.82. The number of hydrogen-bond acceptors (Lipinski definition) is 4. The quantitative estimate of drug-likeness (QED) is 0.783. The predicted molar refractivity (Wildman–Crippen MR) is 70.1 cm³/mol. The lowest BCUT2D eigenvalue weighted by Crippen LogP contribution is -2.23. The second-order valence-electron chi connectivity index (χ2n) is 4.13. The molecule has 1 aromatic rings. The SMILES string of the molecule is COC(=O)CC(C)S(=O)(=O)Cc1cc(F)ccc1Cl. The number of carbonyl (C=O) groups is 1. The molecule has 19 heavy (non-hydrogen) atoms. The van der Waals surface area contributed by atoms with E-state index in [1.165, 1.54) is 20.1 Å². The summed E-state index contributed by atoms with van der Waals surface area (Å²) in [5, 5.41) is -0.741. The molecule has 0 aliphatic heterocycles. The summed E-state index contributed by atoms with van der Waals surface area (Å²) in [5.74, 6) is -1.58. The lowest BCUT2D eigenvalue weighted by molar-refractivity contribution is -0.140. The zero-order chi connectivity index (χ0) is 14.6. The first-order chi connectivity index (χ1) is 8.76. The average molecular weight is 309 g/mol. The lowest BCUT2D eigenvalue weighted by atomic mass is 10.2. The first-order valence-corrected chi connectivity index (χ1v) is 7.58. The first kappa shape index (κ1) is 15.9. The highest BCUT2D eigenvalue weighted by atomic mass is 35.5. The van der Waals surface area contributed by atoms with E-state index >= 15 is 0 Å². The smallest absolute Gasteiger partial charge is 0.306 e. The monoisotopic (exact) mass is 308 g/mol. The molecule has 0 aliphatic rings. The van der Waals surface area contributed by atoms with Gasteiger partial charge in [-0.1, -0.05) is 11.6 Å². The zero-order valence-corrected chi connectivity index (χ0v) is 12.1. The van der Waals surface area contributed by atoms with Crippen molar-refractivity contribution in [3.8, 4) is 0 Å². The Kier molecular flexibility index (Phi) is 5.31. The molecule has 0 aliphatic carbocycles. The fraction of sp³-hybridized carbons (Fsp3) is 0.417. The van der Waals surface area contributed by atoms with Crippen LogP contribution in [0.4, 0.5) is 4.39 Å². The Labute approximate surface area is 116 Å². The molecule has 1 rings (SSSR count). The molecule has 0 N–H and O–H groups in total. The summed E-state index contributed by atoms with van der Waals surface area (Å²) in [6.07, 6.45) is -0.244. The van der Waals surface area contributed by atoms with Crippen LogP contribution in [0.1, 0.15) is 18.9 Å². The second-order valence-corrected chi connectivity index (χ2v) is 6.96. The van der Waals surface area contributed by atoms with E-state index in [0.717, 1.165) is 12.1 Å². The number of hydrogen-bond donors (Lipinski definition) is 0. The molecule has 0 aromatic heterocycles. The van der Waals surface area contributed by atoms with E-state index < -0.39 is 32.6 Å². The van der Waals surface area contributed by atoms with E-state index in [0.29, 0.717) is 0 Å². The van der Waals surface area contributed by atoms with Crippen molar-refractivity contribution < 1.29 is 22.3 Å². The third kappa shape index (κ3) is 4.47. The van der Waals surface area contributed by atoms with Crippen molar-refractivity contribution in [1.29, 1.82) is 0 Å². The number of rotatable bonds is 5. The van der Waals surface area contributed by atoms with Gasteiger partial charge in [-0.15, -0.1) is 0 Å². The van der Waals surface area contributed by atoms with Gasteiger partial charge in [0.2, 0.25) is 0 Å². The van der Waals surface area contributed by atoms with Crippen LogP contribution in [0.3, 0.4) is 0 Å². The van der Waals surface area contributed by atoms with Gasteiger partial charge in [0.15, 0.2) is 9.84 Å². The van der Waals surface area contributed by atoms with Crippen LogP contribution in [0.2, 0.25) is 5.02 Å². The number of benzene rings is 1. The van der Waals surface area contributed by atoms with Crippen molar-refractivity contribution in [3.05, 3.63) is 34.6 Å². The van der Waals surface area contributed by atoms with Crippen LogP contribution >= 0.6 is 11.6 Å². The summed E-state index contributed by atoms with van der Waals surface area (Å²) < 4.78 is 41.5. The fourth-order valence-corrected chi connectivity index (χ4v) is 3.07. The van der Waals surface area contributed by atoms with Crippen LogP contribution in [0.15, 0.2) is 18.2 Å². The maximum Gasteiger partial charge on any atom is 0.306 e. The molecular weight excluding hydrogens is 295 g/mol. The van der Waals surface area contributed by atoms with Gasteiger partial charge in [0, 0.05) is 5.02 Å². The summed E-state index contributed by atoms with van der Waals surface area (Å²) in [4.78, 5) is 11.1. The van der Waals surface area contributed by atoms with E-state index in [4.69, 9.17) is 11.6 Å². The molecule has 1 atom stereocenters. The highest BCUT2D eigenvalue weighted by molar-refractivity contribution is 7.91. The topological polar surface area (TPSA) is 60.4 Å². The van der Waals surface area contributed by atoms with Gasteiger partial charge in [0.1, 0.15) is 5.82 Å². The molecule has 0 saturated carbocycles. The van der Waals surface area contributed by atoms with Gasteiger partial charge in [-0.25, -0.2) is 12.8 Å². The van der Waals surface area contributed by atoms with E-state index in [9.17, 15) is 17.6 Å². The molecule has 0 spiro atoms. The Morgan fingerprint density at radius 1 is 1.47 bits per heavy atom. The number of ether oxygens (including phenoxy) is 1. The van der Waals surface area contributed by atoms with Crippen LogP contribution in [0.5, 0.6) is 0 Å². The van der Waals surface area contributed by atoms with Crippen molar-refractivity contribution in [1.82, 2.24) is 0 Å². The van der Waals surface area contributed by atoms with Gasteiger partial charge >= 0.3 is 5.97 Å². The minimum atomic E-state index is -3.61. The normalized spacial score (nSPS) is 13.1. The minimum absolute atomic E-state index is 0.176. The van der Waals surface area contributed by atoms with Gasteiger partial charge in [0.05, 0.1) is 24.5 Å². The van der Waals surface area contributed by atoms with E-state index in [2.05, 4.69) is 4.74 Å². The van der Waals surface area contributed by atoms with Gasteiger partial charge in [-0.05, 0) is 30.7 Å². The summed E-state index contributed by atoms with van der Waals surface area (Å²) in [6.45, 7) is 1.40. The molecule has 4 nitrogen and oxygen atoms in total. The summed E-state index contributed by atoms with van der Waals surface area (Å²) in [7, 11) is -2.42. The fourth-order valence-electron chi connectivity index (χ4n) is 1.46. The van der Waals surface area contributed by atoms with Gasteiger partial charge in [-0.2, -0.15) is 0 Å². The molecule has 1 aromatic carbocycles. The largest absolute Gasteiger partial charge is 0.469 e. The maximum absolute atomic E-state index is 13.1. The van der Waals surface area contributed by atoms with Gasteiger partial charge in [-0.3, -0.25) is 4.79 Å². The second kappa shape index (κ2) is 6.34. The number of halogens is 2. The van der Waals surface area contributed by atoms with Crippen LogP contribution in [0.25, 0.3) is 0 Å². The molecule has 0 heterocycles. The van der Waals surface area contributed by atoms with Crippen LogP contribution < -0.4 is 0 Å². The summed E-state index contributed by atoms with van der Waals surface area (Å²) in [5.41, 5.74) is 0.179. The number of sulfone groups is 1. The molecular formula is C12H14ClFO4S. The standard InChI is InChI=1S/C12H14ClFO4S/c1-8(5-12(15)18-2)19(16,17)7-9-6-10(14)3-4-11(9)13/h3-4,6,8H,5,7H2,1-2H3. The molecule has 0 radical (unpaired) electrons. The van der Waals surface area contributed by atoms with E-state index in [1.54, 1.807) is 0 Å². The van der Waals surface area contributed by atoms with Crippen molar-refractivity contribution >= 4 is 27.4 Å². The number of methoxy groups -OCH3 is 1. The molecule has 1 unspecified atom stereocenters. The van der Waals surface area contributed by atoms with Crippen molar-refractivity contribution in [2.24, 2.45) is 0 Å². The Morgan fingerprint density at radius 2 is 2.11 bits per heavy atom. The van der Waals surface area contributed by atoms with E-state index in [-0.39, 0.29) is 17.0 Å². The Hall–Kier alpha value is -1.14. The molecule has 0 saturated heterocycles. The lowest BCUT2D eigenvalue weighted by Gasteiger charge is -2.12. The van der Waals surface area contributed by atoms with E-state index in [1.807, 2.05) is 0 Å². The zero-order valence-electron chi connectivity index (χ0n) is 10.5. The van der Waals surface area contributed by atoms with Crippen LogP contribution in [0, 0.1) is 5.82 Å². The molecule has 0 fully saturated rings. The van der Waals surface area contributed by atoms with Crippen molar-refractivity contribution in [2.75, 3.05) is 7.11 Å². The highest BCUT2D eigenvalue weighted by Crippen LogP contribution is 2.22. The van der Waals surface area contributed by atoms with Gasteiger partial charge in [0.25, 0.3) is 0 Å². The molecule has 7 heteroatoms. The molecule has 0 amide bonds. The van der Waals surface area contributed by atoms with Crippen LogP contribution in [-0.4, -0.2) is 26.7 Å². The number of carbonyl (C=O) groups excluding carboxylic acids is 1. The Balaban J connectivity index is 2.90. The Morgan fingerprint density at radius 3 is 2.68 bits per heavy atom. The van der Waals surface area contributed by atoms with Gasteiger partial charge < -0.3 is 4.74 Å². The highest BCUT2D eigenvalue weighted by Gasteiger charge is 2.25. The van der Waals surface area contributed by atoms with Crippen molar-refractivity contribution in [2.45, 2.75) is 24.3 Å². The van der Waals surface area contributed by atoms with Crippen LogP contribution in [-0.2, 0) is 25.1 Å².